The first-order valence-electron chi connectivity index (χ1n) is 7.60. The molecular weight excluding hydrogens is 252 g/mol. The van der Waals surface area contributed by atoms with Crippen molar-refractivity contribution in [2.75, 3.05) is 7.11 Å². The molecule has 1 unspecified atom stereocenters. The molecule has 1 aromatic carbocycles. The number of benzene rings is 1. The molecule has 1 aromatic rings. The van der Waals surface area contributed by atoms with Crippen molar-refractivity contribution in [3.05, 3.63) is 28.8 Å². The predicted molar refractivity (Wildman–Crippen MR) is 77.4 cm³/mol. The van der Waals surface area contributed by atoms with Crippen LogP contribution in [0.5, 0.6) is 5.75 Å². The van der Waals surface area contributed by atoms with Gasteiger partial charge in [0.1, 0.15) is 5.75 Å². The number of aryl methyl sites for hydroxylation is 2. The van der Waals surface area contributed by atoms with Gasteiger partial charge in [0.05, 0.1) is 13.5 Å². The van der Waals surface area contributed by atoms with Gasteiger partial charge in [0.15, 0.2) is 0 Å². The third-order valence-electron chi connectivity index (χ3n) is 4.68. The molecule has 0 aromatic heterocycles. The Morgan fingerprint density at radius 1 is 1.30 bits per heavy atom. The fourth-order valence-electron chi connectivity index (χ4n) is 3.47. The molecule has 0 amide bonds. The maximum atomic E-state index is 11.2. The minimum absolute atomic E-state index is 0.120. The van der Waals surface area contributed by atoms with Crippen LogP contribution in [0.15, 0.2) is 12.1 Å². The van der Waals surface area contributed by atoms with E-state index in [1.807, 2.05) is 0 Å². The molecule has 0 saturated heterocycles. The van der Waals surface area contributed by atoms with Crippen molar-refractivity contribution in [3.63, 3.8) is 0 Å². The third-order valence-corrected chi connectivity index (χ3v) is 4.68. The molecule has 3 rings (SSSR count). The molecule has 0 bridgehead atoms. The van der Waals surface area contributed by atoms with Gasteiger partial charge in [0.25, 0.3) is 0 Å². The Labute approximate surface area is 120 Å². The van der Waals surface area contributed by atoms with Gasteiger partial charge in [-0.2, -0.15) is 0 Å². The van der Waals surface area contributed by atoms with Gasteiger partial charge in [-0.1, -0.05) is 6.07 Å². The highest BCUT2D eigenvalue weighted by atomic mass is 16.5. The normalized spacial score (nSPS) is 19.2. The monoisotopic (exact) mass is 274 g/mol. The third kappa shape index (κ3) is 2.67. The lowest BCUT2D eigenvalue weighted by Gasteiger charge is -2.23. The first kappa shape index (κ1) is 13.5. The summed E-state index contributed by atoms with van der Waals surface area (Å²) in [6.07, 6.45) is 7.26. The van der Waals surface area contributed by atoms with Crippen LogP contribution >= 0.6 is 0 Å². The van der Waals surface area contributed by atoms with Gasteiger partial charge in [-0.15, -0.1) is 0 Å². The van der Waals surface area contributed by atoms with Crippen LogP contribution in [0.1, 0.15) is 54.7 Å². The molecule has 108 valence electrons. The summed E-state index contributed by atoms with van der Waals surface area (Å²) in [4.78, 5) is 11.2. The van der Waals surface area contributed by atoms with Crippen LogP contribution in [-0.4, -0.2) is 18.2 Å². The molecule has 1 fully saturated rings. The second-order valence-electron chi connectivity index (χ2n) is 6.11. The van der Waals surface area contributed by atoms with Crippen LogP contribution in [-0.2, 0) is 17.6 Å². The Morgan fingerprint density at radius 2 is 1.95 bits per heavy atom. The maximum absolute atomic E-state index is 11.2. The Kier molecular flexibility index (Phi) is 3.68. The quantitative estimate of drug-likeness (QED) is 0.893. The molecule has 1 N–H and O–H groups in total. The first-order valence-corrected chi connectivity index (χ1v) is 7.60. The highest BCUT2D eigenvalue weighted by molar-refractivity contribution is 5.68. The SMILES string of the molecule is COc1cc2c(cc1C(CC(=O)O)C1CC1)CCCC2. The van der Waals surface area contributed by atoms with Gasteiger partial charge in [-0.05, 0) is 67.2 Å². The van der Waals surface area contributed by atoms with Crippen molar-refractivity contribution in [2.24, 2.45) is 5.92 Å². The minimum Gasteiger partial charge on any atom is -0.496 e. The van der Waals surface area contributed by atoms with Crippen LogP contribution in [0.25, 0.3) is 0 Å². The van der Waals surface area contributed by atoms with Crippen molar-refractivity contribution in [1.82, 2.24) is 0 Å². The number of rotatable bonds is 5. The number of ether oxygens (including phenoxy) is 1. The lowest BCUT2D eigenvalue weighted by molar-refractivity contribution is -0.137. The zero-order chi connectivity index (χ0) is 14.1. The van der Waals surface area contributed by atoms with Crippen LogP contribution in [0.3, 0.4) is 0 Å². The second-order valence-corrected chi connectivity index (χ2v) is 6.11. The van der Waals surface area contributed by atoms with E-state index in [0.717, 1.165) is 37.0 Å². The van der Waals surface area contributed by atoms with E-state index in [9.17, 15) is 9.90 Å². The van der Waals surface area contributed by atoms with E-state index >= 15 is 0 Å². The van der Waals surface area contributed by atoms with Crippen LogP contribution < -0.4 is 4.74 Å². The van der Waals surface area contributed by atoms with Crippen molar-refractivity contribution < 1.29 is 14.6 Å². The summed E-state index contributed by atoms with van der Waals surface area (Å²) < 4.78 is 5.56. The highest BCUT2D eigenvalue weighted by Gasteiger charge is 2.35. The summed E-state index contributed by atoms with van der Waals surface area (Å²) in [7, 11) is 1.69. The molecule has 0 radical (unpaired) electrons. The van der Waals surface area contributed by atoms with E-state index in [1.165, 1.54) is 24.0 Å². The largest absolute Gasteiger partial charge is 0.496 e. The summed E-state index contributed by atoms with van der Waals surface area (Å²) in [5.41, 5.74) is 3.92. The van der Waals surface area contributed by atoms with Crippen molar-refractivity contribution >= 4 is 5.97 Å². The van der Waals surface area contributed by atoms with Crippen molar-refractivity contribution in [3.8, 4) is 5.75 Å². The number of carboxylic acids is 1. The molecule has 3 nitrogen and oxygen atoms in total. The molecule has 0 spiro atoms. The van der Waals surface area contributed by atoms with Crippen molar-refractivity contribution in [1.29, 1.82) is 0 Å². The Morgan fingerprint density at radius 3 is 2.50 bits per heavy atom. The summed E-state index contributed by atoms with van der Waals surface area (Å²) in [5.74, 6) is 0.835. The Hall–Kier alpha value is -1.51. The van der Waals surface area contributed by atoms with E-state index in [2.05, 4.69) is 12.1 Å². The minimum atomic E-state index is -0.707. The number of carbonyl (C=O) groups is 1. The average Bonchev–Trinajstić information content (AvgIpc) is 3.27. The highest BCUT2D eigenvalue weighted by Crippen LogP contribution is 2.48. The zero-order valence-electron chi connectivity index (χ0n) is 12.0. The maximum Gasteiger partial charge on any atom is 0.303 e. The summed E-state index contributed by atoms with van der Waals surface area (Å²) in [6.45, 7) is 0. The lowest BCUT2D eigenvalue weighted by Crippen LogP contribution is -2.12. The molecule has 2 aliphatic rings. The Bertz CT molecular complexity index is 517. The smallest absolute Gasteiger partial charge is 0.303 e. The van der Waals surface area contributed by atoms with Gasteiger partial charge in [-0.25, -0.2) is 0 Å². The molecule has 0 aliphatic heterocycles. The summed E-state index contributed by atoms with van der Waals surface area (Å²) in [5, 5.41) is 9.18. The molecule has 2 aliphatic carbocycles. The van der Waals surface area contributed by atoms with E-state index in [1.54, 1.807) is 7.11 Å². The molecule has 1 saturated carbocycles. The van der Waals surface area contributed by atoms with Gasteiger partial charge in [0, 0.05) is 5.92 Å². The van der Waals surface area contributed by atoms with E-state index < -0.39 is 5.97 Å². The average molecular weight is 274 g/mol. The van der Waals surface area contributed by atoms with Gasteiger partial charge in [-0.3, -0.25) is 4.79 Å². The van der Waals surface area contributed by atoms with E-state index in [4.69, 9.17) is 4.74 Å². The number of hydrogen-bond acceptors (Lipinski definition) is 2. The van der Waals surface area contributed by atoms with Gasteiger partial charge < -0.3 is 9.84 Å². The number of carboxylic acid groups (broad SMARTS) is 1. The molecule has 20 heavy (non-hydrogen) atoms. The van der Waals surface area contributed by atoms with Crippen LogP contribution in [0.4, 0.5) is 0 Å². The number of aliphatic carboxylic acids is 1. The number of methoxy groups -OCH3 is 1. The molecule has 1 atom stereocenters. The first-order chi connectivity index (χ1) is 9.69. The number of fused-ring (bicyclic) bond motifs is 1. The predicted octanol–water partition coefficient (Wildman–Crippen LogP) is 3.54. The fraction of sp³-hybridized carbons (Fsp3) is 0.588. The molecule has 0 heterocycles. The topological polar surface area (TPSA) is 46.5 Å². The molecular formula is C17H22O3. The summed E-state index contributed by atoms with van der Waals surface area (Å²) in [6, 6.07) is 4.39. The van der Waals surface area contributed by atoms with E-state index in [-0.39, 0.29) is 12.3 Å². The number of hydrogen-bond donors (Lipinski definition) is 1. The van der Waals surface area contributed by atoms with Gasteiger partial charge >= 0.3 is 5.97 Å². The zero-order valence-corrected chi connectivity index (χ0v) is 12.0. The Balaban J connectivity index is 1.98. The van der Waals surface area contributed by atoms with Crippen LogP contribution in [0.2, 0.25) is 0 Å². The van der Waals surface area contributed by atoms with Crippen LogP contribution in [0, 0.1) is 5.92 Å². The molecule has 3 heteroatoms. The van der Waals surface area contributed by atoms with E-state index in [0.29, 0.717) is 5.92 Å². The summed E-state index contributed by atoms with van der Waals surface area (Å²) >= 11 is 0. The fourth-order valence-corrected chi connectivity index (χ4v) is 3.47. The van der Waals surface area contributed by atoms with Crippen molar-refractivity contribution in [2.45, 2.75) is 50.9 Å². The standard InChI is InChI=1S/C17H22O3/c1-20-16-9-13-5-3-2-4-12(13)8-15(16)14(10-17(18)19)11-6-7-11/h8-9,11,14H,2-7,10H2,1H3,(H,18,19). The lowest BCUT2D eigenvalue weighted by atomic mass is 9.84. The second kappa shape index (κ2) is 5.47. The van der Waals surface area contributed by atoms with Gasteiger partial charge in [0.2, 0.25) is 0 Å².